The molecule has 0 aliphatic carbocycles. The van der Waals surface area contributed by atoms with Gasteiger partial charge >= 0.3 is 6.18 Å². The first-order valence-electron chi connectivity index (χ1n) is 5.71. The van der Waals surface area contributed by atoms with Crippen molar-refractivity contribution in [1.29, 1.82) is 0 Å². The highest BCUT2D eigenvalue weighted by atomic mass is 19.4. The van der Waals surface area contributed by atoms with Crippen LogP contribution >= 0.6 is 0 Å². The molecule has 2 saturated heterocycles. The average molecular weight is 252 g/mol. The number of alkyl halides is 3. The Morgan fingerprint density at radius 1 is 1.41 bits per heavy atom. The van der Waals surface area contributed by atoms with Gasteiger partial charge in [0.1, 0.15) is 0 Å². The number of rotatable bonds is 3. The number of amides is 1. The highest BCUT2D eigenvalue weighted by Gasteiger charge is 2.41. The number of hydrogen-bond acceptors (Lipinski definition) is 3. The molecule has 0 radical (unpaired) electrons. The maximum Gasteiger partial charge on any atom is 0.413 e. The zero-order chi connectivity index (χ0) is 12.5. The molecule has 17 heavy (non-hydrogen) atoms. The Bertz CT molecular complexity index is 296. The molecule has 1 N–H and O–H groups in total. The largest absolute Gasteiger partial charge is 0.413 e. The third kappa shape index (κ3) is 3.10. The molecule has 0 saturated carbocycles. The molecule has 2 heterocycles. The predicted molar refractivity (Wildman–Crippen MR) is 52.9 cm³/mol. The maximum atomic E-state index is 11.9. The fourth-order valence-corrected chi connectivity index (χ4v) is 2.48. The van der Waals surface area contributed by atoms with Gasteiger partial charge in [-0.3, -0.25) is 9.63 Å². The lowest BCUT2D eigenvalue weighted by Crippen LogP contribution is -2.46. The molecule has 0 bridgehead atoms. The number of nitrogens with one attached hydrogen (secondary N) is 1. The van der Waals surface area contributed by atoms with Crippen LogP contribution in [0.25, 0.3) is 0 Å². The van der Waals surface area contributed by atoms with E-state index in [0.717, 1.165) is 19.3 Å². The summed E-state index contributed by atoms with van der Waals surface area (Å²) in [4.78, 5) is 17.8. The first-order valence-corrected chi connectivity index (χ1v) is 5.71. The van der Waals surface area contributed by atoms with Crippen LogP contribution in [0.3, 0.4) is 0 Å². The molecule has 2 atom stereocenters. The quantitative estimate of drug-likeness (QED) is 0.768. The molecule has 2 aliphatic heterocycles. The summed E-state index contributed by atoms with van der Waals surface area (Å²) in [7, 11) is 0. The summed E-state index contributed by atoms with van der Waals surface area (Å²) in [6.45, 7) is -0.620. The van der Waals surface area contributed by atoms with Gasteiger partial charge in [-0.15, -0.1) is 0 Å². The summed E-state index contributed by atoms with van der Waals surface area (Å²) in [5, 5.41) is 0. The Morgan fingerprint density at radius 2 is 2.18 bits per heavy atom. The summed E-state index contributed by atoms with van der Waals surface area (Å²) in [6.07, 6.45) is -1.31. The first-order chi connectivity index (χ1) is 7.97. The molecule has 1 amide bonds. The number of piperidine rings is 1. The highest BCUT2D eigenvalue weighted by molar-refractivity contribution is 5.80. The molecule has 0 aromatic rings. The zero-order valence-corrected chi connectivity index (χ0v) is 9.29. The van der Waals surface area contributed by atoms with Gasteiger partial charge in [-0.05, 0) is 19.3 Å². The van der Waals surface area contributed by atoms with Gasteiger partial charge in [0.2, 0.25) is 5.91 Å². The van der Waals surface area contributed by atoms with Gasteiger partial charge in [-0.1, -0.05) is 0 Å². The Hall–Kier alpha value is -0.820. The first kappa shape index (κ1) is 12.6. The molecule has 2 fully saturated rings. The second-order valence-electron chi connectivity index (χ2n) is 4.48. The van der Waals surface area contributed by atoms with Crippen LogP contribution in [-0.2, 0) is 9.63 Å². The van der Waals surface area contributed by atoms with Gasteiger partial charge < -0.3 is 4.90 Å². The number of hydroxylamine groups is 1. The van der Waals surface area contributed by atoms with Crippen molar-refractivity contribution < 1.29 is 22.8 Å². The third-order valence-electron chi connectivity index (χ3n) is 3.20. The molecular weight excluding hydrogens is 237 g/mol. The van der Waals surface area contributed by atoms with Crippen LogP contribution in [0.15, 0.2) is 0 Å². The van der Waals surface area contributed by atoms with Gasteiger partial charge in [0.05, 0.1) is 6.04 Å². The molecule has 0 spiro atoms. The number of carbonyl (C=O) groups is 1. The summed E-state index contributed by atoms with van der Waals surface area (Å²) in [6, 6.07) is -0.324. The molecular formula is C10H15F3N2O2. The third-order valence-corrected chi connectivity index (χ3v) is 3.20. The molecule has 4 nitrogen and oxygen atoms in total. The topological polar surface area (TPSA) is 41.6 Å². The van der Waals surface area contributed by atoms with E-state index < -0.39 is 12.8 Å². The zero-order valence-electron chi connectivity index (χ0n) is 9.29. The SMILES string of the molecule is O=C1CC(NOCC(F)(F)F)C2CCCCN12. The molecule has 0 aromatic carbocycles. The van der Waals surface area contributed by atoms with Crippen molar-refractivity contribution in [2.45, 2.75) is 43.9 Å². The van der Waals surface area contributed by atoms with Crippen molar-refractivity contribution in [2.24, 2.45) is 0 Å². The van der Waals surface area contributed by atoms with Crippen molar-refractivity contribution in [3.8, 4) is 0 Å². The fourth-order valence-electron chi connectivity index (χ4n) is 2.48. The molecule has 0 aromatic heterocycles. The van der Waals surface area contributed by atoms with Crippen LogP contribution in [0.4, 0.5) is 13.2 Å². The van der Waals surface area contributed by atoms with E-state index in [-0.39, 0.29) is 24.4 Å². The van der Waals surface area contributed by atoms with Crippen molar-refractivity contribution in [3.05, 3.63) is 0 Å². The van der Waals surface area contributed by atoms with Gasteiger partial charge in [0.25, 0.3) is 0 Å². The Morgan fingerprint density at radius 3 is 2.88 bits per heavy atom. The van der Waals surface area contributed by atoms with Crippen molar-refractivity contribution in [1.82, 2.24) is 10.4 Å². The second kappa shape index (κ2) is 4.81. The Kier molecular flexibility index (Phi) is 3.58. The van der Waals surface area contributed by atoms with E-state index in [1.165, 1.54) is 0 Å². The van der Waals surface area contributed by atoms with Crippen LogP contribution in [0, 0.1) is 0 Å². The van der Waals surface area contributed by atoms with E-state index in [0.29, 0.717) is 6.54 Å². The van der Waals surface area contributed by atoms with Gasteiger partial charge in [-0.2, -0.15) is 18.7 Å². The van der Waals surface area contributed by atoms with Crippen LogP contribution in [0.5, 0.6) is 0 Å². The van der Waals surface area contributed by atoms with E-state index in [1.54, 1.807) is 4.90 Å². The minimum absolute atomic E-state index is 0.00260. The number of nitrogens with zero attached hydrogens (tertiary/aromatic N) is 1. The summed E-state index contributed by atoms with van der Waals surface area (Å²) in [5.74, 6) is 0.00260. The van der Waals surface area contributed by atoms with E-state index in [4.69, 9.17) is 0 Å². The molecule has 2 unspecified atom stereocenters. The van der Waals surface area contributed by atoms with Gasteiger partial charge in [0, 0.05) is 19.0 Å². The molecule has 7 heteroatoms. The maximum absolute atomic E-state index is 11.9. The standard InChI is InChI=1S/C10H15F3N2O2/c11-10(12,13)6-17-14-7-5-9(16)15-4-2-1-3-8(7)15/h7-8,14H,1-6H2. The minimum Gasteiger partial charge on any atom is -0.338 e. The summed E-state index contributed by atoms with van der Waals surface area (Å²) in [5.41, 5.74) is 2.39. The Balaban J connectivity index is 1.83. The van der Waals surface area contributed by atoms with E-state index in [2.05, 4.69) is 10.3 Å². The van der Waals surface area contributed by atoms with Crippen molar-refractivity contribution >= 4 is 5.91 Å². The van der Waals surface area contributed by atoms with Crippen molar-refractivity contribution in [3.63, 3.8) is 0 Å². The van der Waals surface area contributed by atoms with Crippen LogP contribution in [-0.4, -0.2) is 42.2 Å². The number of carbonyl (C=O) groups excluding carboxylic acids is 1. The second-order valence-corrected chi connectivity index (χ2v) is 4.48. The fraction of sp³-hybridized carbons (Fsp3) is 0.900. The Labute approximate surface area is 97.0 Å². The van der Waals surface area contributed by atoms with Crippen LogP contribution in [0.2, 0.25) is 0 Å². The van der Waals surface area contributed by atoms with Gasteiger partial charge in [-0.25, -0.2) is 0 Å². The number of hydrogen-bond donors (Lipinski definition) is 1. The number of halogens is 3. The molecule has 2 rings (SSSR count). The predicted octanol–water partition coefficient (Wildman–Crippen LogP) is 1.22. The van der Waals surface area contributed by atoms with Crippen molar-refractivity contribution in [2.75, 3.05) is 13.2 Å². The van der Waals surface area contributed by atoms with Gasteiger partial charge in [0.15, 0.2) is 6.61 Å². The summed E-state index contributed by atoms with van der Waals surface area (Å²) >= 11 is 0. The lowest BCUT2D eigenvalue weighted by molar-refractivity contribution is -0.193. The number of fused-ring (bicyclic) bond motifs is 1. The minimum atomic E-state index is -4.35. The lowest BCUT2D eigenvalue weighted by Gasteiger charge is -2.32. The van der Waals surface area contributed by atoms with Crippen LogP contribution < -0.4 is 5.48 Å². The smallest absolute Gasteiger partial charge is 0.338 e. The molecule has 98 valence electrons. The summed E-state index contributed by atoms with van der Waals surface area (Å²) < 4.78 is 35.7. The van der Waals surface area contributed by atoms with E-state index in [9.17, 15) is 18.0 Å². The lowest BCUT2D eigenvalue weighted by atomic mass is 10.00. The monoisotopic (exact) mass is 252 g/mol. The van der Waals surface area contributed by atoms with E-state index >= 15 is 0 Å². The highest BCUT2D eigenvalue weighted by Crippen LogP contribution is 2.28. The van der Waals surface area contributed by atoms with Crippen LogP contribution in [0.1, 0.15) is 25.7 Å². The average Bonchev–Trinajstić information content (AvgIpc) is 2.55. The van der Waals surface area contributed by atoms with E-state index in [1.807, 2.05) is 0 Å². The normalized spacial score (nSPS) is 29.6. The molecule has 2 aliphatic rings.